The number of ether oxygens (including phenoxy) is 2. The Morgan fingerprint density at radius 1 is 1.21 bits per heavy atom. The number of fused-ring (bicyclic) bond motifs is 1. The number of methoxy groups -OCH3 is 1. The molecule has 0 spiro atoms. The summed E-state index contributed by atoms with van der Waals surface area (Å²) in [5, 5.41) is 14.3. The van der Waals surface area contributed by atoms with Gasteiger partial charge >= 0.3 is 5.97 Å². The number of benzene rings is 2. The van der Waals surface area contributed by atoms with Gasteiger partial charge in [-0.05, 0) is 37.1 Å². The zero-order valence-electron chi connectivity index (χ0n) is 16.7. The third kappa shape index (κ3) is 5.02. The SMILES string of the molecule is COc1cc(CNC(Cc2c[nH]c3ccccc23)C(=O)O)c(Cl)cc1OC(C)C. The van der Waals surface area contributed by atoms with Gasteiger partial charge in [0.05, 0.1) is 13.2 Å². The van der Waals surface area contributed by atoms with Crippen LogP contribution >= 0.6 is 11.6 Å². The molecule has 0 fully saturated rings. The van der Waals surface area contributed by atoms with Crippen LogP contribution in [0.5, 0.6) is 11.5 Å². The molecule has 2 aromatic carbocycles. The van der Waals surface area contributed by atoms with Crippen molar-refractivity contribution in [2.75, 3.05) is 7.11 Å². The Labute approximate surface area is 174 Å². The van der Waals surface area contributed by atoms with Gasteiger partial charge in [0.2, 0.25) is 0 Å². The first kappa shape index (κ1) is 21.0. The summed E-state index contributed by atoms with van der Waals surface area (Å²) in [5.41, 5.74) is 2.68. The van der Waals surface area contributed by atoms with Crippen LogP contribution in [0.4, 0.5) is 0 Å². The smallest absolute Gasteiger partial charge is 0.321 e. The van der Waals surface area contributed by atoms with E-state index in [4.69, 9.17) is 21.1 Å². The van der Waals surface area contributed by atoms with Crippen LogP contribution in [0.25, 0.3) is 10.9 Å². The number of aromatic amines is 1. The monoisotopic (exact) mass is 416 g/mol. The number of aromatic nitrogens is 1. The van der Waals surface area contributed by atoms with E-state index in [1.807, 2.05) is 44.3 Å². The summed E-state index contributed by atoms with van der Waals surface area (Å²) in [4.78, 5) is 15.0. The van der Waals surface area contributed by atoms with Crippen molar-refractivity contribution in [3.05, 3.63) is 58.7 Å². The van der Waals surface area contributed by atoms with E-state index < -0.39 is 12.0 Å². The summed E-state index contributed by atoms with van der Waals surface area (Å²) in [6.07, 6.45) is 2.19. The molecule has 154 valence electrons. The molecule has 0 aliphatic rings. The molecule has 0 saturated heterocycles. The maximum atomic E-state index is 11.8. The van der Waals surface area contributed by atoms with Gasteiger partial charge in [-0.15, -0.1) is 0 Å². The van der Waals surface area contributed by atoms with Crippen LogP contribution in [0.15, 0.2) is 42.6 Å². The predicted molar refractivity (Wildman–Crippen MR) is 114 cm³/mol. The Balaban J connectivity index is 1.76. The van der Waals surface area contributed by atoms with Gasteiger partial charge in [-0.3, -0.25) is 10.1 Å². The summed E-state index contributed by atoms with van der Waals surface area (Å²) in [5.74, 6) is 0.200. The van der Waals surface area contributed by atoms with Crippen LogP contribution in [0.1, 0.15) is 25.0 Å². The zero-order chi connectivity index (χ0) is 21.0. The molecule has 3 aromatic rings. The van der Waals surface area contributed by atoms with Gasteiger partial charge in [0, 0.05) is 41.2 Å². The number of H-pyrrole nitrogens is 1. The molecule has 0 saturated carbocycles. The molecule has 3 N–H and O–H groups in total. The van der Waals surface area contributed by atoms with E-state index in [0.29, 0.717) is 22.9 Å². The molecule has 1 heterocycles. The highest BCUT2D eigenvalue weighted by Gasteiger charge is 2.20. The van der Waals surface area contributed by atoms with Crippen molar-refractivity contribution in [2.45, 2.75) is 39.0 Å². The van der Waals surface area contributed by atoms with Crippen LogP contribution in [0.3, 0.4) is 0 Å². The molecule has 29 heavy (non-hydrogen) atoms. The van der Waals surface area contributed by atoms with E-state index in [-0.39, 0.29) is 12.6 Å². The second kappa shape index (κ2) is 9.20. The number of para-hydroxylation sites is 1. The molecule has 0 radical (unpaired) electrons. The molecule has 1 atom stereocenters. The first-order chi connectivity index (χ1) is 13.9. The van der Waals surface area contributed by atoms with Crippen LogP contribution in [0, 0.1) is 0 Å². The number of carboxylic acids is 1. The molecule has 0 aliphatic heterocycles. The van der Waals surface area contributed by atoms with Gasteiger partial charge in [0.15, 0.2) is 11.5 Å². The van der Waals surface area contributed by atoms with Crippen molar-refractivity contribution in [3.8, 4) is 11.5 Å². The maximum Gasteiger partial charge on any atom is 0.321 e. The van der Waals surface area contributed by atoms with Crippen molar-refractivity contribution < 1.29 is 19.4 Å². The van der Waals surface area contributed by atoms with Gasteiger partial charge in [-0.1, -0.05) is 29.8 Å². The molecular formula is C22H25ClN2O4. The highest BCUT2D eigenvalue weighted by Crippen LogP contribution is 2.34. The molecular weight excluding hydrogens is 392 g/mol. The van der Waals surface area contributed by atoms with Gasteiger partial charge in [0.1, 0.15) is 6.04 Å². The number of rotatable bonds is 9. The average molecular weight is 417 g/mol. The number of hydrogen-bond donors (Lipinski definition) is 3. The van der Waals surface area contributed by atoms with E-state index in [2.05, 4.69) is 10.3 Å². The molecule has 6 nitrogen and oxygen atoms in total. The number of halogens is 1. The number of aliphatic carboxylic acids is 1. The minimum Gasteiger partial charge on any atom is -0.493 e. The average Bonchev–Trinajstić information content (AvgIpc) is 3.08. The van der Waals surface area contributed by atoms with E-state index in [1.54, 1.807) is 19.2 Å². The minimum atomic E-state index is -0.918. The quantitative estimate of drug-likeness (QED) is 0.481. The largest absolute Gasteiger partial charge is 0.493 e. The molecule has 7 heteroatoms. The van der Waals surface area contributed by atoms with E-state index in [1.165, 1.54) is 0 Å². The molecule has 3 rings (SSSR count). The summed E-state index contributed by atoms with van der Waals surface area (Å²) in [6, 6.07) is 10.5. The highest BCUT2D eigenvalue weighted by atomic mass is 35.5. The van der Waals surface area contributed by atoms with Crippen molar-refractivity contribution >= 4 is 28.5 Å². The Kier molecular flexibility index (Phi) is 6.67. The Morgan fingerprint density at radius 2 is 1.97 bits per heavy atom. The summed E-state index contributed by atoms with van der Waals surface area (Å²) < 4.78 is 11.1. The van der Waals surface area contributed by atoms with Crippen LogP contribution in [0.2, 0.25) is 5.02 Å². The van der Waals surface area contributed by atoms with Gasteiger partial charge in [-0.2, -0.15) is 0 Å². The lowest BCUT2D eigenvalue weighted by Gasteiger charge is -2.18. The highest BCUT2D eigenvalue weighted by molar-refractivity contribution is 6.31. The van der Waals surface area contributed by atoms with Crippen LogP contribution in [-0.4, -0.2) is 35.3 Å². The van der Waals surface area contributed by atoms with Crippen molar-refractivity contribution in [1.29, 1.82) is 0 Å². The minimum absolute atomic E-state index is 0.0171. The maximum absolute atomic E-state index is 11.8. The summed E-state index contributed by atoms with van der Waals surface area (Å²) in [6.45, 7) is 4.13. The Hall–Kier alpha value is -2.70. The number of nitrogens with one attached hydrogen (secondary N) is 2. The Morgan fingerprint density at radius 3 is 2.66 bits per heavy atom. The molecule has 0 bridgehead atoms. The summed E-state index contributed by atoms with van der Waals surface area (Å²) >= 11 is 6.40. The second-order valence-corrected chi connectivity index (χ2v) is 7.50. The van der Waals surface area contributed by atoms with E-state index >= 15 is 0 Å². The molecule has 0 aliphatic carbocycles. The Bertz CT molecular complexity index is 1000. The zero-order valence-corrected chi connectivity index (χ0v) is 17.4. The fraction of sp³-hybridized carbons (Fsp3) is 0.318. The lowest BCUT2D eigenvalue weighted by atomic mass is 10.0. The first-order valence-electron chi connectivity index (χ1n) is 9.43. The lowest BCUT2D eigenvalue weighted by molar-refractivity contribution is -0.139. The molecule has 0 amide bonds. The van der Waals surface area contributed by atoms with E-state index in [0.717, 1.165) is 22.0 Å². The lowest BCUT2D eigenvalue weighted by Crippen LogP contribution is -2.38. The second-order valence-electron chi connectivity index (χ2n) is 7.10. The fourth-order valence-electron chi connectivity index (χ4n) is 3.22. The van der Waals surface area contributed by atoms with Gasteiger partial charge in [-0.25, -0.2) is 0 Å². The molecule has 1 unspecified atom stereocenters. The van der Waals surface area contributed by atoms with Gasteiger partial charge < -0.3 is 19.6 Å². The molecule has 1 aromatic heterocycles. The topological polar surface area (TPSA) is 83.6 Å². The summed E-state index contributed by atoms with van der Waals surface area (Å²) in [7, 11) is 1.56. The predicted octanol–water partition coefficient (Wildman–Crippen LogP) is 4.40. The van der Waals surface area contributed by atoms with Crippen molar-refractivity contribution in [1.82, 2.24) is 10.3 Å². The standard InChI is InChI=1S/C22H25ClN2O4/c1-13(2)29-21-10-17(23)15(9-20(21)28-3)12-25-19(22(26)27)8-14-11-24-18-7-5-4-6-16(14)18/h4-7,9-11,13,19,24-25H,8,12H2,1-3H3,(H,26,27). The third-order valence-electron chi connectivity index (χ3n) is 4.63. The third-order valence-corrected chi connectivity index (χ3v) is 4.98. The van der Waals surface area contributed by atoms with E-state index in [9.17, 15) is 9.90 Å². The van der Waals surface area contributed by atoms with Crippen LogP contribution < -0.4 is 14.8 Å². The van der Waals surface area contributed by atoms with Crippen LogP contribution in [-0.2, 0) is 17.8 Å². The fourth-order valence-corrected chi connectivity index (χ4v) is 3.44. The first-order valence-corrected chi connectivity index (χ1v) is 9.81. The van der Waals surface area contributed by atoms with Crippen molar-refractivity contribution in [3.63, 3.8) is 0 Å². The number of carbonyl (C=O) groups is 1. The van der Waals surface area contributed by atoms with Crippen molar-refractivity contribution in [2.24, 2.45) is 0 Å². The normalized spacial score (nSPS) is 12.3. The number of carboxylic acid groups (broad SMARTS) is 1. The number of hydrogen-bond acceptors (Lipinski definition) is 4. The van der Waals surface area contributed by atoms with Gasteiger partial charge in [0.25, 0.3) is 0 Å².